The Balaban J connectivity index is 1.18. The fraction of sp³-hybridized carbons (Fsp3) is 0.435. The third-order valence-corrected chi connectivity index (χ3v) is 7.51. The third-order valence-electron chi connectivity index (χ3n) is 6.32. The van der Waals surface area contributed by atoms with Crippen molar-refractivity contribution in [3.05, 3.63) is 57.0 Å². The first-order valence-electron chi connectivity index (χ1n) is 10.9. The number of rotatable bonds is 5. The zero-order valence-corrected chi connectivity index (χ0v) is 18.6. The summed E-state index contributed by atoms with van der Waals surface area (Å²) >= 11 is 1.34. The third kappa shape index (κ3) is 3.85. The maximum atomic E-state index is 12.8. The minimum Gasteiger partial charge on any atom is -0.369 e. The van der Waals surface area contributed by atoms with E-state index in [0.717, 1.165) is 63.5 Å². The van der Waals surface area contributed by atoms with Crippen LogP contribution in [0.1, 0.15) is 27.5 Å². The van der Waals surface area contributed by atoms with Gasteiger partial charge in [-0.3, -0.25) is 19.1 Å². The lowest BCUT2D eigenvalue weighted by atomic mass is 10.2. The van der Waals surface area contributed by atoms with E-state index in [-0.39, 0.29) is 11.5 Å². The molecule has 2 aliphatic heterocycles. The lowest BCUT2D eigenvalue weighted by Crippen LogP contribution is -2.48. The Hall–Kier alpha value is -2.71. The summed E-state index contributed by atoms with van der Waals surface area (Å²) in [5, 5.41) is 3.66. The second-order valence-electron chi connectivity index (χ2n) is 8.24. The number of hydrogen-bond acceptors (Lipinski definition) is 6. The van der Waals surface area contributed by atoms with Gasteiger partial charge in [-0.25, -0.2) is 4.98 Å². The van der Waals surface area contributed by atoms with Crippen molar-refractivity contribution in [1.29, 1.82) is 0 Å². The van der Waals surface area contributed by atoms with Crippen LogP contribution in [0.15, 0.2) is 35.1 Å². The van der Waals surface area contributed by atoms with Crippen LogP contribution in [0.5, 0.6) is 0 Å². The maximum Gasteiger partial charge on any atom is 0.262 e. The first kappa shape index (κ1) is 20.2. The molecule has 31 heavy (non-hydrogen) atoms. The van der Waals surface area contributed by atoms with E-state index < -0.39 is 0 Å². The van der Waals surface area contributed by atoms with Crippen LogP contribution in [0, 0.1) is 6.92 Å². The standard InChI is InChI=1S/C23H27N5O2S/c1-16-19-22(25-18-8-5-10-28(18)23(19)30)31-20(16)21(29)24-9-11-26-12-14-27(15-13-26)17-6-3-2-4-7-17/h2-4,6-7H,5,8-15H2,1H3,(H,24,29). The van der Waals surface area contributed by atoms with Gasteiger partial charge in [0.05, 0.1) is 10.3 Å². The number of nitrogens with zero attached hydrogens (tertiary/aromatic N) is 4. The predicted octanol–water partition coefficient (Wildman–Crippen LogP) is 2.26. The van der Waals surface area contributed by atoms with E-state index in [2.05, 4.69) is 44.4 Å². The molecule has 8 heteroatoms. The van der Waals surface area contributed by atoms with Gasteiger partial charge in [0.1, 0.15) is 10.7 Å². The van der Waals surface area contributed by atoms with E-state index in [4.69, 9.17) is 0 Å². The topological polar surface area (TPSA) is 70.5 Å². The number of fused-ring (bicyclic) bond motifs is 2. The van der Waals surface area contributed by atoms with Crippen molar-refractivity contribution < 1.29 is 4.79 Å². The number of nitrogens with one attached hydrogen (secondary N) is 1. The molecule has 4 heterocycles. The smallest absolute Gasteiger partial charge is 0.262 e. The number of hydrogen-bond donors (Lipinski definition) is 1. The maximum absolute atomic E-state index is 12.8. The van der Waals surface area contributed by atoms with Gasteiger partial charge >= 0.3 is 0 Å². The van der Waals surface area contributed by atoms with Gasteiger partial charge in [-0.1, -0.05) is 18.2 Å². The van der Waals surface area contributed by atoms with Crippen molar-refractivity contribution >= 4 is 33.1 Å². The number of aryl methyl sites for hydroxylation is 2. The minimum absolute atomic E-state index is 0.00147. The molecule has 5 rings (SSSR count). The van der Waals surface area contributed by atoms with Crippen molar-refractivity contribution in [2.45, 2.75) is 26.3 Å². The molecular weight excluding hydrogens is 410 g/mol. The summed E-state index contributed by atoms with van der Waals surface area (Å²) in [5.74, 6) is 0.744. The first-order valence-corrected chi connectivity index (χ1v) is 11.8. The Kier molecular flexibility index (Phi) is 5.50. The molecule has 3 aromatic rings. The second-order valence-corrected chi connectivity index (χ2v) is 9.24. The van der Waals surface area contributed by atoms with Gasteiger partial charge in [-0.05, 0) is 31.0 Å². The highest BCUT2D eigenvalue weighted by molar-refractivity contribution is 7.20. The van der Waals surface area contributed by atoms with E-state index in [1.165, 1.54) is 17.0 Å². The van der Waals surface area contributed by atoms with Crippen molar-refractivity contribution in [1.82, 2.24) is 19.8 Å². The number of aromatic nitrogens is 2. The average Bonchev–Trinajstić information content (AvgIpc) is 3.40. The van der Waals surface area contributed by atoms with Crippen molar-refractivity contribution in [3.8, 4) is 0 Å². The molecule has 1 saturated heterocycles. The molecule has 0 bridgehead atoms. The van der Waals surface area contributed by atoms with Gasteiger partial charge in [-0.2, -0.15) is 0 Å². The highest BCUT2D eigenvalue weighted by Crippen LogP contribution is 2.28. The SMILES string of the molecule is Cc1c(C(=O)NCCN2CCN(c3ccccc3)CC2)sc2nc3n(c(=O)c12)CCC3. The predicted molar refractivity (Wildman–Crippen MR) is 124 cm³/mol. The zero-order valence-electron chi connectivity index (χ0n) is 17.8. The number of para-hydroxylation sites is 1. The van der Waals surface area contributed by atoms with Gasteiger partial charge < -0.3 is 10.2 Å². The number of benzene rings is 1. The van der Waals surface area contributed by atoms with Crippen LogP contribution in [-0.2, 0) is 13.0 Å². The van der Waals surface area contributed by atoms with Gasteiger partial charge in [0.25, 0.3) is 11.5 Å². The van der Waals surface area contributed by atoms with Gasteiger partial charge in [-0.15, -0.1) is 11.3 Å². The number of piperazine rings is 1. The van der Waals surface area contributed by atoms with Crippen molar-refractivity contribution in [2.24, 2.45) is 0 Å². The lowest BCUT2D eigenvalue weighted by Gasteiger charge is -2.36. The van der Waals surface area contributed by atoms with Crippen LogP contribution in [0.2, 0.25) is 0 Å². The largest absolute Gasteiger partial charge is 0.369 e. The summed E-state index contributed by atoms with van der Waals surface area (Å²) in [6, 6.07) is 10.5. The molecule has 0 atom stereocenters. The van der Waals surface area contributed by atoms with E-state index in [1.807, 2.05) is 13.0 Å². The Labute approximate surface area is 185 Å². The lowest BCUT2D eigenvalue weighted by molar-refractivity contribution is 0.0951. The minimum atomic E-state index is -0.104. The molecule has 1 aromatic carbocycles. The van der Waals surface area contributed by atoms with Gasteiger partial charge in [0.15, 0.2) is 0 Å². The quantitative estimate of drug-likeness (QED) is 0.663. The normalized spacial score (nSPS) is 16.6. The summed E-state index contributed by atoms with van der Waals surface area (Å²) in [7, 11) is 0. The Morgan fingerprint density at radius 3 is 2.68 bits per heavy atom. The van der Waals surface area contributed by atoms with Crippen LogP contribution in [0.4, 0.5) is 5.69 Å². The first-order chi connectivity index (χ1) is 15.1. The van der Waals surface area contributed by atoms with Gasteiger partial charge in [0.2, 0.25) is 0 Å². The summed E-state index contributed by atoms with van der Waals surface area (Å²) in [4.78, 5) is 36.4. The van der Waals surface area contributed by atoms with Crippen LogP contribution in [-0.4, -0.2) is 59.6 Å². The summed E-state index contributed by atoms with van der Waals surface area (Å²) in [6.45, 7) is 7.97. The molecule has 1 fully saturated rings. The highest BCUT2D eigenvalue weighted by Gasteiger charge is 2.23. The number of amides is 1. The van der Waals surface area contributed by atoms with Crippen LogP contribution in [0.3, 0.4) is 0 Å². The number of thiophene rings is 1. The van der Waals surface area contributed by atoms with Gasteiger partial charge in [0, 0.05) is 57.9 Å². The molecule has 2 aliphatic rings. The number of carbonyl (C=O) groups is 1. The molecule has 0 unspecified atom stereocenters. The Morgan fingerprint density at radius 1 is 1.13 bits per heavy atom. The average molecular weight is 438 g/mol. The molecule has 162 valence electrons. The van der Waals surface area contributed by atoms with E-state index >= 15 is 0 Å². The summed E-state index contributed by atoms with van der Waals surface area (Å²) in [5.41, 5.74) is 2.03. The number of anilines is 1. The number of carbonyl (C=O) groups excluding carboxylic acids is 1. The molecule has 0 saturated carbocycles. The van der Waals surface area contributed by atoms with E-state index in [1.54, 1.807) is 4.57 Å². The molecular formula is C23H27N5O2S. The highest BCUT2D eigenvalue weighted by atomic mass is 32.1. The molecule has 2 aromatic heterocycles. The van der Waals surface area contributed by atoms with Crippen LogP contribution in [0.25, 0.3) is 10.2 Å². The van der Waals surface area contributed by atoms with Crippen LogP contribution < -0.4 is 15.8 Å². The Bertz CT molecular complexity index is 1160. The molecule has 7 nitrogen and oxygen atoms in total. The van der Waals surface area contributed by atoms with Crippen LogP contribution >= 0.6 is 11.3 Å². The van der Waals surface area contributed by atoms with Crippen molar-refractivity contribution in [2.75, 3.05) is 44.2 Å². The van der Waals surface area contributed by atoms with Crippen molar-refractivity contribution in [3.63, 3.8) is 0 Å². The fourth-order valence-electron chi connectivity index (χ4n) is 4.57. The molecule has 0 radical (unpaired) electrons. The monoisotopic (exact) mass is 437 g/mol. The second kappa shape index (κ2) is 8.43. The Morgan fingerprint density at radius 2 is 1.90 bits per heavy atom. The summed E-state index contributed by atoms with van der Waals surface area (Å²) < 4.78 is 1.76. The molecule has 1 N–H and O–H groups in total. The fourth-order valence-corrected chi connectivity index (χ4v) is 5.68. The molecule has 1 amide bonds. The zero-order chi connectivity index (χ0) is 21.4. The molecule has 0 aliphatic carbocycles. The summed E-state index contributed by atoms with van der Waals surface area (Å²) in [6.07, 6.45) is 1.80. The van der Waals surface area contributed by atoms with E-state index in [9.17, 15) is 9.59 Å². The molecule has 0 spiro atoms. The van der Waals surface area contributed by atoms with E-state index in [0.29, 0.717) is 21.6 Å².